The normalized spacial score (nSPS) is 11.2. The molecular formula is C13H16N2O5S. The molecule has 0 amide bonds. The molecule has 0 saturated heterocycles. The van der Waals surface area contributed by atoms with Gasteiger partial charge in [0.1, 0.15) is 5.76 Å². The zero-order chi connectivity index (χ0) is 15.6. The number of sulfonamides is 1. The lowest BCUT2D eigenvalue weighted by Gasteiger charge is -2.13. The first kappa shape index (κ1) is 15.2. The molecule has 0 spiro atoms. The van der Waals surface area contributed by atoms with E-state index in [0.717, 1.165) is 0 Å². The van der Waals surface area contributed by atoms with Crippen LogP contribution in [0.3, 0.4) is 0 Å². The first-order chi connectivity index (χ1) is 9.87. The second kappa shape index (κ2) is 5.65. The molecule has 0 aliphatic heterocycles. The summed E-state index contributed by atoms with van der Waals surface area (Å²) in [5.74, 6) is 1.43. The molecule has 0 aliphatic rings. The van der Waals surface area contributed by atoms with Crippen molar-refractivity contribution in [1.29, 1.82) is 0 Å². The van der Waals surface area contributed by atoms with E-state index in [-0.39, 0.29) is 10.7 Å². The summed E-state index contributed by atoms with van der Waals surface area (Å²) >= 11 is 0. The van der Waals surface area contributed by atoms with E-state index >= 15 is 0 Å². The van der Waals surface area contributed by atoms with Crippen molar-refractivity contribution in [2.75, 3.05) is 18.9 Å². The first-order valence-corrected chi connectivity index (χ1v) is 7.54. The maximum absolute atomic E-state index is 12.4. The Kier molecular flexibility index (Phi) is 4.08. The second-order valence-corrected chi connectivity index (χ2v) is 6.05. The lowest BCUT2D eigenvalue weighted by molar-refractivity contribution is 0.353. The van der Waals surface area contributed by atoms with Crippen molar-refractivity contribution in [1.82, 2.24) is 5.16 Å². The highest BCUT2D eigenvalue weighted by molar-refractivity contribution is 7.92. The van der Waals surface area contributed by atoms with Crippen molar-refractivity contribution in [2.45, 2.75) is 18.7 Å². The SMILES string of the molecule is COc1cc(C)c(S(=O)(=O)Nc2cc(C)on2)cc1OC. The number of aryl methyl sites for hydroxylation is 2. The summed E-state index contributed by atoms with van der Waals surface area (Å²) in [6.07, 6.45) is 0. The first-order valence-electron chi connectivity index (χ1n) is 6.06. The summed E-state index contributed by atoms with van der Waals surface area (Å²) in [4.78, 5) is 0.0841. The quantitative estimate of drug-likeness (QED) is 0.909. The highest BCUT2D eigenvalue weighted by Crippen LogP contribution is 2.32. The number of nitrogens with one attached hydrogen (secondary N) is 1. The Balaban J connectivity index is 2.44. The number of anilines is 1. The van der Waals surface area contributed by atoms with Gasteiger partial charge in [0.25, 0.3) is 10.0 Å². The fourth-order valence-corrected chi connectivity index (χ4v) is 3.09. The lowest BCUT2D eigenvalue weighted by Crippen LogP contribution is -2.14. The topological polar surface area (TPSA) is 90.7 Å². The third-order valence-corrected chi connectivity index (χ3v) is 4.33. The second-order valence-electron chi connectivity index (χ2n) is 4.40. The third kappa shape index (κ3) is 3.10. The lowest BCUT2D eigenvalue weighted by atomic mass is 10.2. The Morgan fingerprint density at radius 1 is 1.10 bits per heavy atom. The standard InChI is InChI=1S/C13H16N2O5S/c1-8-5-10(18-3)11(19-4)7-12(8)21(16,17)15-13-6-9(2)20-14-13/h5-7H,1-4H3,(H,14,15). The van der Waals surface area contributed by atoms with Crippen LogP contribution in [0.15, 0.2) is 27.6 Å². The van der Waals surface area contributed by atoms with Gasteiger partial charge >= 0.3 is 0 Å². The molecule has 114 valence electrons. The summed E-state index contributed by atoms with van der Waals surface area (Å²) in [7, 11) is -0.866. The smallest absolute Gasteiger partial charge is 0.263 e. The molecule has 8 heteroatoms. The van der Waals surface area contributed by atoms with E-state index < -0.39 is 10.0 Å². The summed E-state index contributed by atoms with van der Waals surface area (Å²) in [5.41, 5.74) is 0.528. The van der Waals surface area contributed by atoms with Gasteiger partial charge in [-0.15, -0.1) is 0 Å². The van der Waals surface area contributed by atoms with Gasteiger partial charge in [0.2, 0.25) is 0 Å². The van der Waals surface area contributed by atoms with E-state index in [0.29, 0.717) is 22.8 Å². The Morgan fingerprint density at radius 3 is 2.24 bits per heavy atom. The fourth-order valence-electron chi connectivity index (χ4n) is 1.86. The monoisotopic (exact) mass is 312 g/mol. The molecular weight excluding hydrogens is 296 g/mol. The molecule has 0 aliphatic carbocycles. The molecule has 1 aromatic carbocycles. The largest absolute Gasteiger partial charge is 0.493 e. The van der Waals surface area contributed by atoms with Crippen molar-refractivity contribution in [3.63, 3.8) is 0 Å². The predicted octanol–water partition coefficient (Wildman–Crippen LogP) is 2.11. The van der Waals surface area contributed by atoms with Gasteiger partial charge in [-0.2, -0.15) is 0 Å². The van der Waals surface area contributed by atoms with E-state index in [4.69, 9.17) is 14.0 Å². The molecule has 1 aromatic heterocycles. The predicted molar refractivity (Wildman–Crippen MR) is 76.3 cm³/mol. The number of hydrogen-bond donors (Lipinski definition) is 1. The van der Waals surface area contributed by atoms with E-state index in [1.165, 1.54) is 26.4 Å². The number of rotatable bonds is 5. The molecule has 0 radical (unpaired) electrons. The molecule has 1 heterocycles. The third-order valence-electron chi connectivity index (χ3n) is 2.84. The van der Waals surface area contributed by atoms with Gasteiger partial charge in [-0.25, -0.2) is 8.42 Å². The van der Waals surface area contributed by atoms with Crippen LogP contribution in [0.25, 0.3) is 0 Å². The number of methoxy groups -OCH3 is 2. The molecule has 2 aromatic rings. The molecule has 21 heavy (non-hydrogen) atoms. The minimum absolute atomic E-state index is 0.0841. The van der Waals surface area contributed by atoms with Crippen LogP contribution >= 0.6 is 0 Å². The summed E-state index contributed by atoms with van der Waals surface area (Å²) in [6.45, 7) is 3.34. The molecule has 0 bridgehead atoms. The van der Waals surface area contributed by atoms with Crippen molar-refractivity contribution >= 4 is 15.8 Å². The molecule has 7 nitrogen and oxygen atoms in total. The summed E-state index contributed by atoms with van der Waals surface area (Å²) < 4.78 is 42.3. The fraction of sp³-hybridized carbons (Fsp3) is 0.308. The Bertz CT molecular complexity index is 752. The van der Waals surface area contributed by atoms with Crippen LogP contribution in [0.1, 0.15) is 11.3 Å². The van der Waals surface area contributed by atoms with Crippen LogP contribution in [-0.4, -0.2) is 27.8 Å². The Labute approximate surface area is 122 Å². The minimum Gasteiger partial charge on any atom is -0.493 e. The van der Waals surface area contributed by atoms with Gasteiger partial charge in [0, 0.05) is 12.1 Å². The molecule has 2 rings (SSSR count). The van der Waals surface area contributed by atoms with Gasteiger partial charge in [-0.05, 0) is 25.5 Å². The minimum atomic E-state index is -3.80. The summed E-state index contributed by atoms with van der Waals surface area (Å²) in [6, 6.07) is 4.50. The van der Waals surface area contributed by atoms with E-state index in [2.05, 4.69) is 9.88 Å². The van der Waals surface area contributed by atoms with Crippen molar-refractivity contribution in [3.8, 4) is 11.5 Å². The van der Waals surface area contributed by atoms with Gasteiger partial charge < -0.3 is 14.0 Å². The van der Waals surface area contributed by atoms with Crippen LogP contribution in [0.4, 0.5) is 5.82 Å². The molecule has 0 atom stereocenters. The molecule has 0 fully saturated rings. The van der Waals surface area contributed by atoms with Crippen molar-refractivity contribution in [3.05, 3.63) is 29.5 Å². The van der Waals surface area contributed by atoms with Gasteiger partial charge in [-0.1, -0.05) is 5.16 Å². The molecule has 0 unspecified atom stereocenters. The number of aromatic nitrogens is 1. The number of hydrogen-bond acceptors (Lipinski definition) is 6. The number of nitrogens with zero attached hydrogens (tertiary/aromatic N) is 1. The average Bonchev–Trinajstić information content (AvgIpc) is 2.82. The van der Waals surface area contributed by atoms with E-state index in [9.17, 15) is 8.42 Å². The van der Waals surface area contributed by atoms with Crippen LogP contribution in [-0.2, 0) is 10.0 Å². The van der Waals surface area contributed by atoms with Crippen LogP contribution in [0.2, 0.25) is 0 Å². The Hall–Kier alpha value is -2.22. The average molecular weight is 312 g/mol. The highest BCUT2D eigenvalue weighted by atomic mass is 32.2. The zero-order valence-corrected chi connectivity index (χ0v) is 12.9. The molecule has 0 saturated carbocycles. The van der Waals surface area contributed by atoms with Gasteiger partial charge in [0.15, 0.2) is 17.3 Å². The Morgan fingerprint density at radius 2 is 1.71 bits per heavy atom. The van der Waals surface area contributed by atoms with Crippen LogP contribution in [0, 0.1) is 13.8 Å². The van der Waals surface area contributed by atoms with Gasteiger partial charge in [0.05, 0.1) is 19.1 Å². The zero-order valence-electron chi connectivity index (χ0n) is 12.1. The van der Waals surface area contributed by atoms with Crippen molar-refractivity contribution < 1.29 is 22.4 Å². The maximum Gasteiger partial charge on any atom is 0.263 e. The highest BCUT2D eigenvalue weighted by Gasteiger charge is 2.21. The number of benzene rings is 1. The van der Waals surface area contributed by atoms with E-state index in [1.807, 2.05) is 0 Å². The molecule has 1 N–H and O–H groups in total. The summed E-state index contributed by atoms with van der Waals surface area (Å²) in [5, 5.41) is 3.61. The number of ether oxygens (including phenoxy) is 2. The van der Waals surface area contributed by atoms with Crippen LogP contribution in [0.5, 0.6) is 11.5 Å². The van der Waals surface area contributed by atoms with Crippen LogP contribution < -0.4 is 14.2 Å². The van der Waals surface area contributed by atoms with E-state index in [1.54, 1.807) is 19.9 Å². The van der Waals surface area contributed by atoms with Gasteiger partial charge in [-0.3, -0.25) is 4.72 Å². The maximum atomic E-state index is 12.4. The van der Waals surface area contributed by atoms with Crippen molar-refractivity contribution in [2.24, 2.45) is 0 Å².